The second-order valence-electron chi connectivity index (χ2n) is 6.80. The molecule has 0 rings (SSSR count). The Kier molecular flexibility index (Phi) is 20.4. The van der Waals surface area contributed by atoms with Crippen molar-refractivity contribution in [2.75, 3.05) is 6.54 Å². The zero-order valence-electron chi connectivity index (χ0n) is 15.5. The Hall–Kier alpha value is -0.300. The Morgan fingerprint density at radius 1 is 0.500 bits per heavy atom. The standard InChI is InChI=1S/C21H43N/c1-2-3-4-5-6-7-8-9-10-11-12-13-14-15-16-17-18-19-20-21-22/h19-20H,2-18,21-22H2,1H3. The molecule has 2 N–H and O–H groups in total. The first-order chi connectivity index (χ1) is 10.9. The van der Waals surface area contributed by atoms with E-state index in [-0.39, 0.29) is 0 Å². The second kappa shape index (κ2) is 20.7. The molecule has 0 radical (unpaired) electrons. The van der Waals surface area contributed by atoms with Gasteiger partial charge in [0.2, 0.25) is 0 Å². The molecule has 0 aliphatic heterocycles. The van der Waals surface area contributed by atoms with Gasteiger partial charge in [0, 0.05) is 6.54 Å². The summed E-state index contributed by atoms with van der Waals surface area (Å²) in [7, 11) is 0. The molecule has 0 aromatic carbocycles. The number of hydrogen-bond donors (Lipinski definition) is 1. The van der Waals surface area contributed by atoms with Gasteiger partial charge < -0.3 is 5.73 Å². The van der Waals surface area contributed by atoms with Gasteiger partial charge in [-0.3, -0.25) is 0 Å². The van der Waals surface area contributed by atoms with Crippen molar-refractivity contribution in [3.8, 4) is 0 Å². The molecular weight excluding hydrogens is 266 g/mol. The van der Waals surface area contributed by atoms with Crippen LogP contribution in [0.1, 0.15) is 116 Å². The number of unbranched alkanes of at least 4 members (excludes halogenated alkanes) is 16. The first kappa shape index (κ1) is 21.7. The van der Waals surface area contributed by atoms with E-state index < -0.39 is 0 Å². The summed E-state index contributed by atoms with van der Waals surface area (Å²) < 4.78 is 0. The van der Waals surface area contributed by atoms with Gasteiger partial charge in [0.05, 0.1) is 0 Å². The number of nitrogens with two attached hydrogens (primary N) is 1. The summed E-state index contributed by atoms with van der Waals surface area (Å²) >= 11 is 0. The van der Waals surface area contributed by atoms with E-state index in [1.54, 1.807) is 0 Å². The summed E-state index contributed by atoms with van der Waals surface area (Å²) in [6.45, 7) is 2.99. The van der Waals surface area contributed by atoms with Crippen molar-refractivity contribution in [2.45, 2.75) is 116 Å². The van der Waals surface area contributed by atoms with Crippen molar-refractivity contribution in [2.24, 2.45) is 5.73 Å². The van der Waals surface area contributed by atoms with Gasteiger partial charge in [-0.05, 0) is 12.8 Å². The van der Waals surface area contributed by atoms with E-state index in [0.717, 1.165) is 0 Å². The largest absolute Gasteiger partial charge is 0.327 e. The van der Waals surface area contributed by atoms with Crippen molar-refractivity contribution in [1.82, 2.24) is 0 Å². The summed E-state index contributed by atoms with van der Waals surface area (Å²) in [6, 6.07) is 0. The highest BCUT2D eigenvalue weighted by Crippen LogP contribution is 2.13. The van der Waals surface area contributed by atoms with E-state index in [4.69, 9.17) is 5.73 Å². The molecule has 0 aromatic heterocycles. The summed E-state index contributed by atoms with van der Waals surface area (Å²) in [5.41, 5.74) is 5.41. The van der Waals surface area contributed by atoms with E-state index in [1.807, 2.05) is 0 Å². The van der Waals surface area contributed by atoms with Crippen LogP contribution in [0.5, 0.6) is 0 Å². The maximum atomic E-state index is 5.41. The predicted molar refractivity (Wildman–Crippen MR) is 102 cm³/mol. The topological polar surface area (TPSA) is 26.0 Å². The molecule has 0 aliphatic carbocycles. The summed E-state index contributed by atoms with van der Waals surface area (Å²) in [6.07, 6.45) is 28.6. The van der Waals surface area contributed by atoms with Crippen molar-refractivity contribution >= 4 is 0 Å². The van der Waals surface area contributed by atoms with Crippen LogP contribution in [0, 0.1) is 0 Å². The van der Waals surface area contributed by atoms with Gasteiger partial charge in [0.15, 0.2) is 0 Å². The van der Waals surface area contributed by atoms with Crippen LogP contribution in [0.2, 0.25) is 0 Å². The number of hydrogen-bond acceptors (Lipinski definition) is 1. The number of allylic oxidation sites excluding steroid dienone is 1. The first-order valence-corrected chi connectivity index (χ1v) is 10.3. The fourth-order valence-corrected chi connectivity index (χ4v) is 3.02. The lowest BCUT2D eigenvalue weighted by molar-refractivity contribution is 0.530. The van der Waals surface area contributed by atoms with Crippen molar-refractivity contribution < 1.29 is 0 Å². The summed E-state index contributed by atoms with van der Waals surface area (Å²) in [4.78, 5) is 0. The molecular formula is C21H43N. The van der Waals surface area contributed by atoms with Crippen molar-refractivity contribution in [3.63, 3.8) is 0 Å². The molecule has 0 unspecified atom stereocenters. The van der Waals surface area contributed by atoms with Crippen LogP contribution < -0.4 is 5.73 Å². The minimum absolute atomic E-state index is 0.693. The Balaban J connectivity index is 2.95. The van der Waals surface area contributed by atoms with Crippen LogP contribution >= 0.6 is 0 Å². The van der Waals surface area contributed by atoms with Crippen LogP contribution in [-0.2, 0) is 0 Å². The Morgan fingerprint density at radius 3 is 1.23 bits per heavy atom. The van der Waals surface area contributed by atoms with E-state index in [1.165, 1.54) is 109 Å². The van der Waals surface area contributed by atoms with Gasteiger partial charge in [-0.2, -0.15) is 0 Å². The molecule has 0 spiro atoms. The molecule has 0 heterocycles. The maximum Gasteiger partial charge on any atom is 0.0106 e. The summed E-state index contributed by atoms with van der Waals surface area (Å²) in [5, 5.41) is 0. The third-order valence-electron chi connectivity index (χ3n) is 4.53. The minimum atomic E-state index is 0.693. The molecule has 0 bridgehead atoms. The second-order valence-corrected chi connectivity index (χ2v) is 6.80. The zero-order valence-corrected chi connectivity index (χ0v) is 15.5. The van der Waals surface area contributed by atoms with Gasteiger partial charge >= 0.3 is 0 Å². The smallest absolute Gasteiger partial charge is 0.0106 e. The summed E-state index contributed by atoms with van der Waals surface area (Å²) in [5.74, 6) is 0. The molecule has 0 aromatic rings. The lowest BCUT2D eigenvalue weighted by Crippen LogP contribution is -1.91. The van der Waals surface area contributed by atoms with Gasteiger partial charge in [-0.25, -0.2) is 0 Å². The molecule has 0 aliphatic rings. The average molecular weight is 310 g/mol. The Bertz CT molecular complexity index is 210. The molecule has 0 saturated heterocycles. The quantitative estimate of drug-likeness (QED) is 0.211. The third-order valence-corrected chi connectivity index (χ3v) is 4.53. The fraction of sp³-hybridized carbons (Fsp3) is 0.905. The third kappa shape index (κ3) is 19.7. The highest BCUT2D eigenvalue weighted by atomic mass is 14.5. The fourth-order valence-electron chi connectivity index (χ4n) is 3.02. The molecule has 132 valence electrons. The predicted octanol–water partition coefficient (Wildman–Crippen LogP) is 7.15. The van der Waals surface area contributed by atoms with Crippen molar-refractivity contribution in [3.05, 3.63) is 12.2 Å². The van der Waals surface area contributed by atoms with Gasteiger partial charge in [-0.15, -0.1) is 0 Å². The van der Waals surface area contributed by atoms with E-state index >= 15 is 0 Å². The van der Waals surface area contributed by atoms with Gasteiger partial charge in [0.25, 0.3) is 0 Å². The first-order valence-electron chi connectivity index (χ1n) is 10.3. The molecule has 0 saturated carbocycles. The molecule has 0 fully saturated rings. The van der Waals surface area contributed by atoms with Crippen LogP contribution in [0.15, 0.2) is 12.2 Å². The zero-order chi connectivity index (χ0) is 16.1. The molecule has 1 heteroatoms. The van der Waals surface area contributed by atoms with Crippen LogP contribution in [0.25, 0.3) is 0 Å². The Morgan fingerprint density at radius 2 is 0.864 bits per heavy atom. The van der Waals surface area contributed by atoms with Crippen molar-refractivity contribution in [1.29, 1.82) is 0 Å². The molecule has 0 atom stereocenters. The van der Waals surface area contributed by atoms with E-state index in [9.17, 15) is 0 Å². The highest BCUT2D eigenvalue weighted by molar-refractivity contribution is 4.81. The monoisotopic (exact) mass is 309 g/mol. The number of rotatable bonds is 18. The molecule has 0 amide bonds. The lowest BCUT2D eigenvalue weighted by atomic mass is 10.0. The van der Waals surface area contributed by atoms with Crippen LogP contribution in [-0.4, -0.2) is 6.54 Å². The molecule has 1 nitrogen and oxygen atoms in total. The Labute approximate surface area is 141 Å². The van der Waals surface area contributed by atoms with Crippen LogP contribution in [0.3, 0.4) is 0 Å². The van der Waals surface area contributed by atoms with Gasteiger partial charge in [-0.1, -0.05) is 115 Å². The average Bonchev–Trinajstić information content (AvgIpc) is 2.54. The maximum absolute atomic E-state index is 5.41. The van der Waals surface area contributed by atoms with Crippen LogP contribution in [0.4, 0.5) is 0 Å². The normalized spacial score (nSPS) is 11.5. The highest BCUT2D eigenvalue weighted by Gasteiger charge is 1.94. The van der Waals surface area contributed by atoms with Gasteiger partial charge in [0.1, 0.15) is 0 Å². The molecule has 22 heavy (non-hydrogen) atoms. The SMILES string of the molecule is CCCCCCCCCCCCCCCCCCC=CCN. The van der Waals surface area contributed by atoms with E-state index in [2.05, 4.69) is 19.1 Å². The van der Waals surface area contributed by atoms with E-state index in [0.29, 0.717) is 6.54 Å². The lowest BCUT2D eigenvalue weighted by Gasteiger charge is -2.03. The minimum Gasteiger partial charge on any atom is -0.327 e.